The molecule has 1 unspecified atom stereocenters. The Morgan fingerprint density at radius 1 is 0.973 bits per heavy atom. The fourth-order valence-corrected chi connectivity index (χ4v) is 4.47. The normalized spacial score (nSPS) is 14.5. The molecule has 1 fully saturated rings. The first-order chi connectivity index (χ1) is 18.0. The van der Waals surface area contributed by atoms with E-state index in [0.29, 0.717) is 37.2 Å². The van der Waals surface area contributed by atoms with Gasteiger partial charge in [-0.1, -0.05) is 37.3 Å². The van der Waals surface area contributed by atoms with Crippen LogP contribution in [0.2, 0.25) is 0 Å². The minimum absolute atomic E-state index is 0.0398. The van der Waals surface area contributed by atoms with Gasteiger partial charge in [0.25, 0.3) is 11.8 Å². The van der Waals surface area contributed by atoms with Gasteiger partial charge in [0, 0.05) is 37.1 Å². The molecule has 3 amide bonds. The number of anilines is 1. The molecule has 0 radical (unpaired) electrons. The van der Waals surface area contributed by atoms with Gasteiger partial charge < -0.3 is 20.3 Å². The Balaban J connectivity index is 1.35. The molecule has 0 aliphatic carbocycles. The van der Waals surface area contributed by atoms with Crippen LogP contribution in [0.4, 0.5) is 5.82 Å². The van der Waals surface area contributed by atoms with Gasteiger partial charge in [0.05, 0.1) is 13.0 Å². The zero-order chi connectivity index (χ0) is 26.2. The molecule has 0 bridgehead atoms. The van der Waals surface area contributed by atoms with E-state index in [2.05, 4.69) is 20.6 Å². The SMILES string of the molecule is CCC(C(=O)N1CCC(NC(=O)c2nccnc2NC(=O)c2ccc(OC)cc2)CC1)c1ccccc1. The van der Waals surface area contributed by atoms with Crippen molar-refractivity contribution in [1.29, 1.82) is 0 Å². The summed E-state index contributed by atoms with van der Waals surface area (Å²) in [7, 11) is 1.55. The fourth-order valence-electron chi connectivity index (χ4n) is 4.47. The average Bonchev–Trinajstić information content (AvgIpc) is 2.94. The number of methoxy groups -OCH3 is 1. The van der Waals surface area contributed by atoms with Gasteiger partial charge in [-0.2, -0.15) is 0 Å². The molecule has 3 aromatic rings. The molecule has 1 saturated heterocycles. The van der Waals surface area contributed by atoms with Crippen molar-refractivity contribution >= 4 is 23.5 Å². The third-order valence-corrected chi connectivity index (χ3v) is 6.55. The Kier molecular flexibility index (Phi) is 8.45. The number of nitrogens with one attached hydrogen (secondary N) is 2. The molecule has 0 saturated carbocycles. The van der Waals surface area contributed by atoms with Gasteiger partial charge in [-0.15, -0.1) is 0 Å². The van der Waals surface area contributed by atoms with Gasteiger partial charge in [-0.3, -0.25) is 14.4 Å². The second kappa shape index (κ2) is 12.1. The summed E-state index contributed by atoms with van der Waals surface area (Å²) in [5.41, 5.74) is 1.46. The van der Waals surface area contributed by atoms with Crippen molar-refractivity contribution in [3.63, 3.8) is 0 Å². The largest absolute Gasteiger partial charge is 0.497 e. The molecule has 9 heteroatoms. The van der Waals surface area contributed by atoms with E-state index in [1.165, 1.54) is 12.4 Å². The Bertz CT molecular complexity index is 1220. The van der Waals surface area contributed by atoms with E-state index in [-0.39, 0.29) is 29.4 Å². The third-order valence-electron chi connectivity index (χ3n) is 6.55. The van der Waals surface area contributed by atoms with E-state index in [9.17, 15) is 14.4 Å². The van der Waals surface area contributed by atoms with Crippen LogP contribution in [0, 0.1) is 0 Å². The summed E-state index contributed by atoms with van der Waals surface area (Å²) in [5.74, 6) is -0.150. The van der Waals surface area contributed by atoms with E-state index in [4.69, 9.17) is 4.74 Å². The van der Waals surface area contributed by atoms with Crippen molar-refractivity contribution in [1.82, 2.24) is 20.2 Å². The first-order valence-corrected chi connectivity index (χ1v) is 12.4. The van der Waals surface area contributed by atoms with Crippen LogP contribution in [0.1, 0.15) is 58.5 Å². The molecule has 9 nitrogen and oxygen atoms in total. The Morgan fingerprint density at radius 2 is 1.65 bits per heavy atom. The lowest BCUT2D eigenvalue weighted by molar-refractivity contribution is -0.134. The summed E-state index contributed by atoms with van der Waals surface area (Å²) < 4.78 is 5.12. The molecule has 37 heavy (non-hydrogen) atoms. The van der Waals surface area contributed by atoms with Gasteiger partial charge in [0.1, 0.15) is 5.75 Å². The maximum atomic E-state index is 13.2. The Morgan fingerprint density at radius 3 is 2.30 bits per heavy atom. The lowest BCUT2D eigenvalue weighted by Gasteiger charge is -2.34. The number of benzene rings is 2. The predicted octanol–water partition coefficient (Wildman–Crippen LogP) is 3.65. The van der Waals surface area contributed by atoms with Crippen LogP contribution in [0.3, 0.4) is 0 Å². The molecule has 2 heterocycles. The van der Waals surface area contributed by atoms with Crippen molar-refractivity contribution < 1.29 is 19.1 Å². The maximum Gasteiger partial charge on any atom is 0.273 e. The number of hydrogen-bond donors (Lipinski definition) is 2. The molecule has 0 spiro atoms. The zero-order valence-corrected chi connectivity index (χ0v) is 21.0. The second-order valence-corrected chi connectivity index (χ2v) is 8.88. The average molecular weight is 502 g/mol. The van der Waals surface area contributed by atoms with Gasteiger partial charge in [-0.05, 0) is 49.1 Å². The number of likely N-dealkylation sites (tertiary alicyclic amines) is 1. The molecular weight excluding hydrogens is 470 g/mol. The highest BCUT2D eigenvalue weighted by molar-refractivity contribution is 6.07. The van der Waals surface area contributed by atoms with Crippen LogP contribution >= 0.6 is 0 Å². The second-order valence-electron chi connectivity index (χ2n) is 8.88. The summed E-state index contributed by atoms with van der Waals surface area (Å²) in [6, 6.07) is 16.3. The molecule has 1 atom stereocenters. The monoisotopic (exact) mass is 501 g/mol. The van der Waals surface area contributed by atoms with Gasteiger partial charge in [0.2, 0.25) is 5.91 Å². The maximum absolute atomic E-state index is 13.2. The number of aromatic nitrogens is 2. The molecule has 4 rings (SSSR count). The third kappa shape index (κ3) is 6.30. The summed E-state index contributed by atoms with van der Waals surface area (Å²) >= 11 is 0. The lowest BCUT2D eigenvalue weighted by atomic mass is 9.93. The number of amides is 3. The Hall–Kier alpha value is -4.27. The van der Waals surface area contributed by atoms with Crippen molar-refractivity contribution in [2.24, 2.45) is 0 Å². The van der Waals surface area contributed by atoms with Gasteiger partial charge in [0.15, 0.2) is 11.5 Å². The van der Waals surface area contributed by atoms with Gasteiger partial charge >= 0.3 is 0 Å². The summed E-state index contributed by atoms with van der Waals surface area (Å²) in [6.45, 7) is 3.15. The lowest BCUT2D eigenvalue weighted by Crippen LogP contribution is -2.48. The van der Waals surface area contributed by atoms with Crippen LogP contribution in [0.25, 0.3) is 0 Å². The number of piperidine rings is 1. The number of rotatable bonds is 8. The number of hydrogen-bond acceptors (Lipinski definition) is 6. The summed E-state index contributed by atoms with van der Waals surface area (Å²) in [4.78, 5) is 49.0. The standard InChI is InChI=1S/C28H31N5O4/c1-3-23(19-7-5-4-6-8-19)28(36)33-17-13-21(14-18-33)31-27(35)24-25(30-16-15-29-24)32-26(34)20-9-11-22(37-2)12-10-20/h4-12,15-16,21,23H,3,13-14,17-18H2,1-2H3,(H,31,35)(H,30,32,34). The van der Waals surface area contributed by atoms with Crippen molar-refractivity contribution in [2.75, 3.05) is 25.5 Å². The van der Waals surface area contributed by atoms with Crippen LogP contribution in [0.5, 0.6) is 5.75 Å². The fraction of sp³-hybridized carbons (Fsp3) is 0.321. The van der Waals surface area contributed by atoms with Crippen LogP contribution in [-0.4, -0.2) is 58.8 Å². The number of carbonyl (C=O) groups is 3. The smallest absolute Gasteiger partial charge is 0.273 e. The van der Waals surface area contributed by atoms with E-state index in [1.54, 1.807) is 31.4 Å². The van der Waals surface area contributed by atoms with Crippen molar-refractivity contribution in [2.45, 2.75) is 38.1 Å². The molecule has 2 N–H and O–H groups in total. The van der Waals surface area contributed by atoms with Crippen LogP contribution in [0.15, 0.2) is 67.0 Å². The quantitative estimate of drug-likeness (QED) is 0.487. The first kappa shape index (κ1) is 25.8. The molecule has 192 valence electrons. The molecular formula is C28H31N5O4. The molecule has 2 aromatic carbocycles. The van der Waals surface area contributed by atoms with E-state index < -0.39 is 11.8 Å². The summed E-state index contributed by atoms with van der Waals surface area (Å²) in [5, 5.41) is 5.66. The van der Waals surface area contributed by atoms with Crippen molar-refractivity contribution in [3.05, 3.63) is 83.8 Å². The summed E-state index contributed by atoms with van der Waals surface area (Å²) in [6.07, 6.45) is 4.83. The first-order valence-electron chi connectivity index (χ1n) is 12.4. The highest BCUT2D eigenvalue weighted by Crippen LogP contribution is 2.24. The highest BCUT2D eigenvalue weighted by Gasteiger charge is 2.29. The van der Waals surface area contributed by atoms with Crippen molar-refractivity contribution in [3.8, 4) is 5.75 Å². The van der Waals surface area contributed by atoms with Crippen LogP contribution < -0.4 is 15.4 Å². The molecule has 1 aliphatic heterocycles. The Labute approximate surface area is 216 Å². The van der Waals surface area contributed by atoms with Crippen LogP contribution in [-0.2, 0) is 4.79 Å². The number of nitrogens with zero attached hydrogens (tertiary/aromatic N) is 3. The minimum Gasteiger partial charge on any atom is -0.497 e. The number of ether oxygens (including phenoxy) is 1. The van der Waals surface area contributed by atoms with E-state index in [1.807, 2.05) is 42.2 Å². The molecule has 1 aliphatic rings. The molecule has 1 aromatic heterocycles. The zero-order valence-electron chi connectivity index (χ0n) is 21.0. The topological polar surface area (TPSA) is 114 Å². The highest BCUT2D eigenvalue weighted by atomic mass is 16.5. The van der Waals surface area contributed by atoms with E-state index >= 15 is 0 Å². The minimum atomic E-state index is -0.418. The van der Waals surface area contributed by atoms with Gasteiger partial charge in [-0.25, -0.2) is 9.97 Å². The van der Waals surface area contributed by atoms with E-state index in [0.717, 1.165) is 12.0 Å². The predicted molar refractivity (Wildman–Crippen MR) is 140 cm³/mol. The number of carbonyl (C=O) groups excluding carboxylic acids is 3.